The quantitative estimate of drug-likeness (QED) is 0.323. The molecule has 3 amide bonds. The van der Waals surface area contributed by atoms with Crippen molar-refractivity contribution in [3.63, 3.8) is 0 Å². The number of hydrogen-bond acceptors (Lipinski definition) is 6. The summed E-state index contributed by atoms with van der Waals surface area (Å²) in [5.41, 5.74) is 7.67. The summed E-state index contributed by atoms with van der Waals surface area (Å²) in [5.74, 6) is -1.97. The van der Waals surface area contributed by atoms with Crippen molar-refractivity contribution in [3.05, 3.63) is 94.5 Å². The van der Waals surface area contributed by atoms with Gasteiger partial charge in [-0.25, -0.2) is 13.4 Å². The van der Waals surface area contributed by atoms with E-state index in [1.165, 1.54) is 30.3 Å². The highest BCUT2D eigenvalue weighted by molar-refractivity contribution is 7.92. The molecular formula is C26H28ClN5O5S. The summed E-state index contributed by atoms with van der Waals surface area (Å²) in [6.45, 7) is 5.08. The fraction of sp³-hybridized carbons (Fsp3) is 0.192. The van der Waals surface area contributed by atoms with Gasteiger partial charge >= 0.3 is 0 Å². The molecular weight excluding hydrogens is 530 g/mol. The van der Waals surface area contributed by atoms with Gasteiger partial charge in [0.15, 0.2) is 0 Å². The highest BCUT2D eigenvalue weighted by Gasteiger charge is 2.32. The number of carbonyl (C=O) groups excluding carboxylic acids is 3. The molecule has 0 spiro atoms. The number of benzene rings is 3. The maximum atomic E-state index is 13.5. The van der Waals surface area contributed by atoms with Gasteiger partial charge in [-0.05, 0) is 57.2 Å². The molecule has 10 nitrogen and oxygen atoms in total. The summed E-state index contributed by atoms with van der Waals surface area (Å²) < 4.78 is 25.9. The molecule has 200 valence electrons. The monoisotopic (exact) mass is 557 g/mol. The van der Waals surface area contributed by atoms with Crippen LogP contribution in [0, 0.1) is 0 Å². The van der Waals surface area contributed by atoms with Gasteiger partial charge < -0.3 is 0 Å². The Morgan fingerprint density at radius 3 is 1.95 bits per heavy atom. The second-order valence-corrected chi connectivity index (χ2v) is 11.4. The number of amides is 3. The van der Waals surface area contributed by atoms with Crippen molar-refractivity contribution in [2.45, 2.75) is 26.3 Å². The van der Waals surface area contributed by atoms with E-state index in [9.17, 15) is 22.8 Å². The van der Waals surface area contributed by atoms with Crippen molar-refractivity contribution in [1.82, 2.24) is 15.9 Å². The highest BCUT2D eigenvalue weighted by atomic mass is 35.5. The summed E-state index contributed by atoms with van der Waals surface area (Å²) >= 11 is 6.44. The van der Waals surface area contributed by atoms with E-state index in [2.05, 4.69) is 21.0 Å². The van der Waals surface area contributed by atoms with Crippen LogP contribution in [0.5, 0.6) is 0 Å². The van der Waals surface area contributed by atoms with E-state index in [0.717, 1.165) is 11.3 Å². The number of halogens is 1. The van der Waals surface area contributed by atoms with E-state index < -0.39 is 33.3 Å². The Labute approximate surface area is 226 Å². The molecule has 12 heteroatoms. The summed E-state index contributed by atoms with van der Waals surface area (Å²) in [6.07, 6.45) is 0.970. The average molecular weight is 558 g/mol. The van der Waals surface area contributed by atoms with Crippen LogP contribution in [0.25, 0.3) is 0 Å². The first-order valence-electron chi connectivity index (χ1n) is 11.4. The van der Waals surface area contributed by atoms with Gasteiger partial charge in [0.2, 0.25) is 10.0 Å². The summed E-state index contributed by atoms with van der Waals surface area (Å²) in [5, 5.41) is 0.968. The van der Waals surface area contributed by atoms with Crippen molar-refractivity contribution in [2.24, 2.45) is 0 Å². The van der Waals surface area contributed by atoms with Gasteiger partial charge in [-0.3, -0.25) is 35.4 Å². The third-order valence-corrected chi connectivity index (χ3v) is 6.12. The SMILES string of the molecule is CC(C)(C)N(NC(=O)c1cccc(C(=O)NNc2ccccc2)c1Cl)C(=O)c1ccccc1NS(C)(=O)=O. The number of nitrogens with one attached hydrogen (secondary N) is 4. The van der Waals surface area contributed by atoms with Crippen LogP contribution in [0.2, 0.25) is 5.02 Å². The fourth-order valence-corrected chi connectivity index (χ4v) is 4.24. The molecule has 4 N–H and O–H groups in total. The molecule has 0 saturated carbocycles. The van der Waals surface area contributed by atoms with Gasteiger partial charge in [-0.1, -0.05) is 48.0 Å². The zero-order valence-corrected chi connectivity index (χ0v) is 22.8. The van der Waals surface area contributed by atoms with Crippen LogP contribution in [-0.4, -0.2) is 42.9 Å². The predicted octanol–water partition coefficient (Wildman–Crippen LogP) is 4.05. The number of para-hydroxylation sites is 2. The third kappa shape index (κ3) is 7.24. The minimum absolute atomic E-state index is 0.0272. The molecule has 0 radical (unpaired) electrons. The Hall–Kier alpha value is -4.09. The maximum Gasteiger partial charge on any atom is 0.274 e. The predicted molar refractivity (Wildman–Crippen MR) is 147 cm³/mol. The van der Waals surface area contributed by atoms with E-state index in [0.29, 0.717) is 5.69 Å². The lowest BCUT2D eigenvalue weighted by atomic mass is 10.1. The number of carbonyl (C=O) groups is 3. The molecule has 0 heterocycles. The van der Waals surface area contributed by atoms with Gasteiger partial charge in [0.1, 0.15) is 0 Å². The molecule has 0 saturated heterocycles. The molecule has 0 bridgehead atoms. The number of anilines is 2. The number of nitrogens with zero attached hydrogens (tertiary/aromatic N) is 1. The van der Waals surface area contributed by atoms with E-state index in [1.807, 2.05) is 6.07 Å². The Bertz CT molecular complexity index is 1460. The number of sulfonamides is 1. The van der Waals surface area contributed by atoms with Crippen LogP contribution < -0.4 is 21.0 Å². The number of hydrazine groups is 2. The van der Waals surface area contributed by atoms with Crippen LogP contribution >= 0.6 is 11.6 Å². The molecule has 0 aliphatic heterocycles. The van der Waals surface area contributed by atoms with Crippen molar-refractivity contribution < 1.29 is 22.8 Å². The molecule has 0 fully saturated rings. The first-order chi connectivity index (χ1) is 17.8. The van der Waals surface area contributed by atoms with Gasteiger partial charge in [0, 0.05) is 0 Å². The van der Waals surface area contributed by atoms with E-state index in [1.54, 1.807) is 57.2 Å². The third-order valence-electron chi connectivity index (χ3n) is 5.12. The van der Waals surface area contributed by atoms with Crippen LogP contribution in [0.1, 0.15) is 51.8 Å². The largest absolute Gasteiger partial charge is 0.298 e. The van der Waals surface area contributed by atoms with Gasteiger partial charge in [0.05, 0.1) is 44.9 Å². The minimum atomic E-state index is -3.67. The van der Waals surface area contributed by atoms with Gasteiger partial charge in [-0.15, -0.1) is 0 Å². The van der Waals surface area contributed by atoms with Crippen molar-refractivity contribution in [1.29, 1.82) is 0 Å². The molecule has 0 aliphatic carbocycles. The minimum Gasteiger partial charge on any atom is -0.298 e. The van der Waals surface area contributed by atoms with Crippen LogP contribution in [0.3, 0.4) is 0 Å². The molecule has 3 aromatic carbocycles. The molecule has 0 unspecified atom stereocenters. The van der Waals surface area contributed by atoms with Crippen molar-refractivity contribution in [3.8, 4) is 0 Å². The lowest BCUT2D eigenvalue weighted by Gasteiger charge is -2.36. The average Bonchev–Trinajstić information content (AvgIpc) is 2.84. The second-order valence-electron chi connectivity index (χ2n) is 9.28. The lowest BCUT2D eigenvalue weighted by molar-refractivity contribution is 0.0359. The fourth-order valence-electron chi connectivity index (χ4n) is 3.36. The van der Waals surface area contributed by atoms with Crippen LogP contribution in [0.15, 0.2) is 72.8 Å². The maximum absolute atomic E-state index is 13.5. The normalized spacial score (nSPS) is 11.3. The highest BCUT2D eigenvalue weighted by Crippen LogP contribution is 2.25. The van der Waals surface area contributed by atoms with Crippen LogP contribution in [-0.2, 0) is 10.0 Å². The second kappa shape index (κ2) is 11.5. The zero-order chi connectivity index (χ0) is 28.1. The molecule has 0 aliphatic rings. The Morgan fingerprint density at radius 2 is 1.34 bits per heavy atom. The summed E-state index contributed by atoms with van der Waals surface area (Å²) in [7, 11) is -3.67. The van der Waals surface area contributed by atoms with Crippen molar-refractivity contribution >= 4 is 50.7 Å². The number of hydrogen-bond donors (Lipinski definition) is 4. The Kier molecular flexibility index (Phi) is 8.64. The van der Waals surface area contributed by atoms with Gasteiger partial charge in [0.25, 0.3) is 17.7 Å². The first-order valence-corrected chi connectivity index (χ1v) is 13.7. The molecule has 3 rings (SSSR count). The standard InChI is InChI=1S/C26H28ClN5O5S/c1-26(2,3)32(25(35)18-13-8-9-16-21(18)31-38(4,36)37)30-24(34)20-15-10-14-19(22(20)27)23(33)29-28-17-11-6-5-7-12-17/h5-16,28,31H,1-4H3,(H,29,33)(H,30,34). The summed E-state index contributed by atoms with van der Waals surface area (Å²) in [4.78, 5) is 39.5. The smallest absolute Gasteiger partial charge is 0.274 e. The Balaban J connectivity index is 1.86. The first kappa shape index (κ1) is 28.5. The number of rotatable bonds is 7. The topological polar surface area (TPSA) is 137 Å². The zero-order valence-electron chi connectivity index (χ0n) is 21.2. The van der Waals surface area contributed by atoms with E-state index >= 15 is 0 Å². The van der Waals surface area contributed by atoms with Crippen LogP contribution in [0.4, 0.5) is 11.4 Å². The molecule has 0 aromatic heterocycles. The molecule has 3 aromatic rings. The van der Waals surface area contributed by atoms with Gasteiger partial charge in [-0.2, -0.15) is 0 Å². The molecule has 38 heavy (non-hydrogen) atoms. The molecule has 0 atom stereocenters. The van der Waals surface area contributed by atoms with Crippen molar-refractivity contribution in [2.75, 3.05) is 16.4 Å². The van der Waals surface area contributed by atoms with E-state index in [-0.39, 0.29) is 27.4 Å². The Morgan fingerprint density at radius 1 is 0.789 bits per heavy atom. The van der Waals surface area contributed by atoms with E-state index in [4.69, 9.17) is 11.6 Å². The lowest BCUT2D eigenvalue weighted by Crippen LogP contribution is -2.56. The summed E-state index contributed by atoms with van der Waals surface area (Å²) in [6, 6.07) is 19.3.